The maximum Gasteiger partial charge on any atom is 0.146 e. The van der Waals surface area contributed by atoms with Crippen molar-refractivity contribution in [3.8, 4) is 0 Å². The van der Waals surface area contributed by atoms with Gasteiger partial charge in [-0.15, -0.1) is 6.58 Å². The topological polar surface area (TPSA) is 12.5 Å². The van der Waals surface area contributed by atoms with E-state index in [1.54, 1.807) is 12.1 Å². The van der Waals surface area contributed by atoms with E-state index >= 15 is 0 Å². The molecule has 1 aliphatic heterocycles. The Morgan fingerprint density at radius 3 is 2.57 bits per heavy atom. The number of hydrogen-bond acceptors (Lipinski definition) is 2. The second kappa shape index (κ2) is 7.48. The van der Waals surface area contributed by atoms with Gasteiger partial charge in [0.1, 0.15) is 5.82 Å². The van der Waals surface area contributed by atoms with E-state index in [4.69, 9.17) is 4.74 Å². The molecule has 1 heterocycles. The molecule has 23 heavy (non-hydrogen) atoms. The highest BCUT2D eigenvalue weighted by molar-refractivity contribution is 5.57. The Hall–Kier alpha value is -1.35. The zero-order valence-electron chi connectivity index (χ0n) is 14.9. The van der Waals surface area contributed by atoms with Gasteiger partial charge in [-0.2, -0.15) is 0 Å². The molecule has 0 amide bonds. The molecule has 2 rings (SSSR count). The van der Waals surface area contributed by atoms with Crippen molar-refractivity contribution in [2.24, 2.45) is 5.92 Å². The second-order valence-corrected chi connectivity index (χ2v) is 7.56. The number of ether oxygens (including phenoxy) is 1. The van der Waals surface area contributed by atoms with Gasteiger partial charge in [0.2, 0.25) is 0 Å². The van der Waals surface area contributed by atoms with Crippen molar-refractivity contribution in [3.05, 3.63) is 42.2 Å². The van der Waals surface area contributed by atoms with E-state index in [2.05, 4.69) is 39.2 Å². The van der Waals surface area contributed by atoms with Crippen molar-refractivity contribution < 1.29 is 9.13 Å². The van der Waals surface area contributed by atoms with Crippen molar-refractivity contribution in [2.75, 3.05) is 24.6 Å². The number of para-hydroxylation sites is 1. The minimum atomic E-state index is -0.124. The third-order valence-electron chi connectivity index (χ3n) is 4.54. The normalized spacial score (nSPS) is 18.0. The molecule has 1 aromatic rings. The minimum absolute atomic E-state index is 0.0881. The predicted molar refractivity (Wildman–Crippen MR) is 95.7 cm³/mol. The van der Waals surface area contributed by atoms with Gasteiger partial charge < -0.3 is 9.64 Å². The summed E-state index contributed by atoms with van der Waals surface area (Å²) in [6.07, 6.45) is 3.97. The number of rotatable bonds is 5. The van der Waals surface area contributed by atoms with Crippen molar-refractivity contribution in [3.63, 3.8) is 0 Å². The van der Waals surface area contributed by atoms with Crippen LogP contribution in [0.1, 0.15) is 52.0 Å². The molecule has 1 atom stereocenters. The Balaban J connectivity index is 2.04. The van der Waals surface area contributed by atoms with Crippen LogP contribution in [-0.2, 0) is 4.74 Å². The van der Waals surface area contributed by atoms with Gasteiger partial charge in [-0.3, -0.25) is 0 Å². The average molecular weight is 319 g/mol. The smallest absolute Gasteiger partial charge is 0.146 e. The lowest BCUT2D eigenvalue weighted by Gasteiger charge is -2.36. The Kier molecular flexibility index (Phi) is 5.85. The van der Waals surface area contributed by atoms with E-state index < -0.39 is 0 Å². The lowest BCUT2D eigenvalue weighted by molar-refractivity contribution is -0.0257. The van der Waals surface area contributed by atoms with Gasteiger partial charge in [0.15, 0.2) is 0 Å². The molecule has 1 aliphatic rings. The van der Waals surface area contributed by atoms with Gasteiger partial charge in [-0.1, -0.05) is 25.1 Å². The van der Waals surface area contributed by atoms with E-state index in [-0.39, 0.29) is 17.3 Å². The van der Waals surface area contributed by atoms with E-state index in [0.717, 1.165) is 43.8 Å². The molecular weight excluding hydrogens is 289 g/mol. The minimum Gasteiger partial charge on any atom is -0.376 e. The summed E-state index contributed by atoms with van der Waals surface area (Å²) in [5, 5.41) is 0. The molecule has 0 N–H and O–H groups in total. The maximum absolute atomic E-state index is 14.4. The molecule has 0 radical (unpaired) electrons. The largest absolute Gasteiger partial charge is 0.376 e. The summed E-state index contributed by atoms with van der Waals surface area (Å²) in [5.41, 5.74) is 1.70. The molecule has 128 valence electrons. The first-order valence-corrected chi connectivity index (χ1v) is 8.61. The number of halogens is 1. The summed E-state index contributed by atoms with van der Waals surface area (Å²) >= 11 is 0. The number of hydrogen-bond donors (Lipinski definition) is 0. The van der Waals surface area contributed by atoms with Crippen LogP contribution < -0.4 is 4.90 Å². The molecule has 3 heteroatoms. The van der Waals surface area contributed by atoms with E-state index in [9.17, 15) is 4.39 Å². The van der Waals surface area contributed by atoms with Crippen LogP contribution in [0.15, 0.2) is 30.9 Å². The van der Waals surface area contributed by atoms with Gasteiger partial charge >= 0.3 is 0 Å². The van der Waals surface area contributed by atoms with Crippen LogP contribution >= 0.6 is 0 Å². The molecule has 1 aromatic carbocycles. The van der Waals surface area contributed by atoms with Crippen molar-refractivity contribution in [1.82, 2.24) is 0 Å². The Bertz CT molecular complexity index is 527. The first-order valence-electron chi connectivity index (χ1n) is 8.61. The Labute approximate surface area is 140 Å². The maximum atomic E-state index is 14.4. The van der Waals surface area contributed by atoms with Crippen LogP contribution in [0.2, 0.25) is 0 Å². The fraction of sp³-hybridized carbons (Fsp3) is 0.600. The summed E-state index contributed by atoms with van der Waals surface area (Å²) in [7, 11) is 0. The molecule has 0 bridgehead atoms. The van der Waals surface area contributed by atoms with Crippen molar-refractivity contribution in [2.45, 2.75) is 52.1 Å². The first-order chi connectivity index (χ1) is 10.8. The summed E-state index contributed by atoms with van der Waals surface area (Å²) < 4.78 is 20.3. The molecular formula is C20H30FNO. The molecule has 0 saturated carbocycles. The van der Waals surface area contributed by atoms with Crippen LogP contribution in [0.5, 0.6) is 0 Å². The SMILES string of the molecule is C=CC(C)c1cccc(F)c1N1CCC(COC(C)(C)C)CC1. The molecule has 2 nitrogen and oxygen atoms in total. The van der Waals surface area contributed by atoms with Crippen molar-refractivity contribution in [1.29, 1.82) is 0 Å². The van der Waals surface area contributed by atoms with Gasteiger partial charge in [0.05, 0.1) is 17.9 Å². The summed E-state index contributed by atoms with van der Waals surface area (Å²) in [5.74, 6) is 0.598. The average Bonchev–Trinajstić information content (AvgIpc) is 2.52. The fourth-order valence-electron chi connectivity index (χ4n) is 3.05. The van der Waals surface area contributed by atoms with E-state index in [0.29, 0.717) is 5.92 Å². The van der Waals surface area contributed by atoms with Crippen molar-refractivity contribution >= 4 is 5.69 Å². The molecule has 1 fully saturated rings. The van der Waals surface area contributed by atoms with Crippen LogP contribution in [0.4, 0.5) is 10.1 Å². The highest BCUT2D eigenvalue weighted by Crippen LogP contribution is 2.33. The lowest BCUT2D eigenvalue weighted by atomic mass is 9.94. The summed E-state index contributed by atoms with van der Waals surface area (Å²) in [6.45, 7) is 14.7. The van der Waals surface area contributed by atoms with Crippen LogP contribution in [-0.4, -0.2) is 25.3 Å². The third-order valence-corrected chi connectivity index (χ3v) is 4.54. The van der Waals surface area contributed by atoms with Gasteiger partial charge in [-0.25, -0.2) is 4.39 Å². The molecule has 0 aromatic heterocycles. The second-order valence-electron chi connectivity index (χ2n) is 7.56. The Morgan fingerprint density at radius 2 is 2.00 bits per heavy atom. The number of allylic oxidation sites excluding steroid dienone is 1. The predicted octanol–water partition coefficient (Wildman–Crippen LogP) is 5.15. The van der Waals surface area contributed by atoms with Gasteiger partial charge in [-0.05, 0) is 51.2 Å². The van der Waals surface area contributed by atoms with Crippen LogP contribution in [0, 0.1) is 11.7 Å². The molecule has 0 spiro atoms. The lowest BCUT2D eigenvalue weighted by Crippen LogP contribution is -2.37. The van der Waals surface area contributed by atoms with Gasteiger partial charge in [0, 0.05) is 19.0 Å². The standard InChI is InChI=1S/C20H30FNO/c1-6-15(2)17-8-7-9-18(21)19(17)22-12-10-16(11-13-22)14-23-20(3,4)5/h6-9,15-16H,1,10-14H2,2-5H3. The quantitative estimate of drug-likeness (QED) is 0.696. The van der Waals surface area contributed by atoms with Crippen LogP contribution in [0.25, 0.3) is 0 Å². The fourth-order valence-corrected chi connectivity index (χ4v) is 3.05. The number of anilines is 1. The van der Waals surface area contributed by atoms with E-state index in [1.807, 2.05) is 12.1 Å². The molecule has 0 aliphatic carbocycles. The summed E-state index contributed by atoms with van der Waals surface area (Å²) in [4.78, 5) is 2.19. The highest BCUT2D eigenvalue weighted by atomic mass is 19.1. The third kappa shape index (κ3) is 4.81. The Morgan fingerprint density at radius 1 is 1.35 bits per heavy atom. The monoisotopic (exact) mass is 319 g/mol. The zero-order chi connectivity index (χ0) is 17.0. The van der Waals surface area contributed by atoms with Gasteiger partial charge in [0.25, 0.3) is 0 Å². The van der Waals surface area contributed by atoms with E-state index in [1.165, 1.54) is 0 Å². The zero-order valence-corrected chi connectivity index (χ0v) is 14.9. The molecule has 1 unspecified atom stereocenters. The summed E-state index contributed by atoms with van der Waals surface area (Å²) in [6, 6.07) is 5.36. The first kappa shape index (κ1) is 18.0. The van der Waals surface area contributed by atoms with Crippen LogP contribution in [0.3, 0.4) is 0 Å². The molecule has 1 saturated heterocycles. The number of benzene rings is 1. The number of nitrogens with zero attached hydrogens (tertiary/aromatic N) is 1. The number of piperidine rings is 1. The highest BCUT2D eigenvalue weighted by Gasteiger charge is 2.25.